The first-order valence-electron chi connectivity index (χ1n) is 9.49. The molecule has 1 aromatic carbocycles. The molecule has 1 aromatic rings. The van der Waals surface area contributed by atoms with Gasteiger partial charge in [0.05, 0.1) is 5.92 Å². The Morgan fingerprint density at radius 2 is 1.67 bits per heavy atom. The third kappa shape index (κ3) is 3.22. The molecule has 1 atom stereocenters. The first-order valence-corrected chi connectivity index (χ1v) is 9.49. The van der Waals surface area contributed by atoms with Crippen LogP contribution in [0.5, 0.6) is 0 Å². The lowest BCUT2D eigenvalue weighted by Gasteiger charge is -2.41. The van der Waals surface area contributed by atoms with Crippen molar-refractivity contribution in [1.82, 2.24) is 14.7 Å². The van der Waals surface area contributed by atoms with Crippen molar-refractivity contribution >= 4 is 5.91 Å². The van der Waals surface area contributed by atoms with E-state index in [1.54, 1.807) is 0 Å². The summed E-state index contributed by atoms with van der Waals surface area (Å²) in [6.45, 7) is 6.15. The van der Waals surface area contributed by atoms with Gasteiger partial charge in [-0.1, -0.05) is 24.3 Å². The van der Waals surface area contributed by atoms with Crippen LogP contribution in [0.2, 0.25) is 0 Å². The van der Waals surface area contributed by atoms with Crippen molar-refractivity contribution in [2.75, 3.05) is 33.2 Å². The van der Waals surface area contributed by atoms with Gasteiger partial charge in [0.15, 0.2) is 0 Å². The number of likely N-dealkylation sites (tertiary alicyclic amines) is 2. The Morgan fingerprint density at radius 3 is 2.33 bits per heavy atom. The molecule has 0 spiro atoms. The maximum absolute atomic E-state index is 13.0. The number of hydrogen-bond donors (Lipinski definition) is 0. The Labute approximate surface area is 145 Å². The van der Waals surface area contributed by atoms with Crippen molar-refractivity contribution in [3.05, 3.63) is 35.4 Å². The Balaban J connectivity index is 1.37. The van der Waals surface area contributed by atoms with Crippen LogP contribution in [0.4, 0.5) is 0 Å². The summed E-state index contributed by atoms with van der Waals surface area (Å²) in [7, 11) is 2.21. The van der Waals surface area contributed by atoms with E-state index in [1.807, 2.05) is 0 Å². The average molecular weight is 327 g/mol. The molecule has 0 aliphatic carbocycles. The van der Waals surface area contributed by atoms with Crippen molar-refractivity contribution in [2.24, 2.45) is 5.92 Å². The van der Waals surface area contributed by atoms with Gasteiger partial charge in [-0.2, -0.15) is 0 Å². The fourth-order valence-electron chi connectivity index (χ4n) is 4.65. The molecule has 3 aliphatic heterocycles. The maximum Gasteiger partial charge on any atom is 0.227 e. The highest BCUT2D eigenvalue weighted by Gasteiger charge is 2.34. The molecule has 24 heavy (non-hydrogen) atoms. The minimum Gasteiger partial charge on any atom is -0.334 e. The number of benzene rings is 1. The Kier molecular flexibility index (Phi) is 4.59. The van der Waals surface area contributed by atoms with Gasteiger partial charge < -0.3 is 9.80 Å². The minimum atomic E-state index is 0.202. The summed E-state index contributed by atoms with van der Waals surface area (Å²) in [6, 6.07) is 9.17. The van der Waals surface area contributed by atoms with E-state index in [0.717, 1.165) is 26.1 Å². The number of carbonyl (C=O) groups is 1. The third-order valence-electron chi connectivity index (χ3n) is 6.16. The SMILES string of the molecule is CN1CCC(N2CCC[C@H](C(=O)N3Cc4ccccc4C3)C2)CC1. The topological polar surface area (TPSA) is 26.8 Å². The maximum atomic E-state index is 13.0. The highest BCUT2D eigenvalue weighted by molar-refractivity contribution is 5.80. The second-order valence-corrected chi connectivity index (χ2v) is 7.83. The van der Waals surface area contributed by atoms with Gasteiger partial charge in [0.1, 0.15) is 0 Å². The summed E-state index contributed by atoms with van der Waals surface area (Å²) < 4.78 is 0. The van der Waals surface area contributed by atoms with E-state index in [4.69, 9.17) is 0 Å². The highest BCUT2D eigenvalue weighted by Crippen LogP contribution is 2.28. The quantitative estimate of drug-likeness (QED) is 0.834. The van der Waals surface area contributed by atoms with Crippen LogP contribution >= 0.6 is 0 Å². The number of amides is 1. The summed E-state index contributed by atoms with van der Waals surface area (Å²) in [5, 5.41) is 0. The molecule has 0 bridgehead atoms. The van der Waals surface area contributed by atoms with Crippen molar-refractivity contribution in [1.29, 1.82) is 0 Å². The minimum absolute atomic E-state index is 0.202. The predicted molar refractivity (Wildman–Crippen MR) is 95.5 cm³/mol. The molecule has 3 aliphatic rings. The lowest BCUT2D eigenvalue weighted by atomic mass is 9.93. The number of nitrogens with zero attached hydrogens (tertiary/aromatic N) is 3. The van der Waals surface area contributed by atoms with Gasteiger partial charge in [-0.25, -0.2) is 0 Å². The van der Waals surface area contributed by atoms with E-state index >= 15 is 0 Å². The standard InChI is InChI=1S/C20H29N3O/c1-21-11-8-19(9-12-21)22-10-4-7-18(15-22)20(24)23-13-16-5-2-3-6-17(16)14-23/h2-3,5-6,18-19H,4,7-15H2,1H3/t18-/m0/s1. The Hall–Kier alpha value is -1.39. The van der Waals surface area contributed by atoms with Gasteiger partial charge in [-0.3, -0.25) is 9.69 Å². The van der Waals surface area contributed by atoms with E-state index in [-0.39, 0.29) is 5.92 Å². The molecular weight excluding hydrogens is 298 g/mol. The number of carbonyl (C=O) groups excluding carboxylic acids is 1. The lowest BCUT2D eigenvalue weighted by Crippen LogP contribution is -2.50. The van der Waals surface area contributed by atoms with Crippen molar-refractivity contribution in [2.45, 2.75) is 44.8 Å². The van der Waals surface area contributed by atoms with Crippen LogP contribution in [0.15, 0.2) is 24.3 Å². The molecule has 4 nitrogen and oxygen atoms in total. The summed E-state index contributed by atoms with van der Waals surface area (Å²) in [5.41, 5.74) is 2.66. The van der Waals surface area contributed by atoms with Gasteiger partial charge >= 0.3 is 0 Å². The Morgan fingerprint density at radius 1 is 1.00 bits per heavy atom. The first-order chi connectivity index (χ1) is 11.7. The number of hydrogen-bond acceptors (Lipinski definition) is 3. The summed E-state index contributed by atoms with van der Waals surface area (Å²) in [6.07, 6.45) is 4.75. The highest BCUT2D eigenvalue weighted by atomic mass is 16.2. The van der Waals surface area contributed by atoms with Gasteiger partial charge in [0.25, 0.3) is 0 Å². The zero-order chi connectivity index (χ0) is 16.5. The molecule has 0 saturated carbocycles. The molecule has 0 aromatic heterocycles. The van der Waals surface area contributed by atoms with Crippen molar-refractivity contribution in [3.63, 3.8) is 0 Å². The lowest BCUT2D eigenvalue weighted by molar-refractivity contribution is -0.138. The van der Waals surface area contributed by atoms with Crippen LogP contribution in [0.1, 0.15) is 36.8 Å². The smallest absolute Gasteiger partial charge is 0.227 e. The van der Waals surface area contributed by atoms with Crippen LogP contribution in [-0.2, 0) is 17.9 Å². The molecule has 0 radical (unpaired) electrons. The van der Waals surface area contributed by atoms with Gasteiger partial charge in [-0.05, 0) is 63.5 Å². The number of rotatable bonds is 2. The van der Waals surface area contributed by atoms with Gasteiger partial charge in [0.2, 0.25) is 5.91 Å². The molecular formula is C20H29N3O. The monoisotopic (exact) mass is 327 g/mol. The molecule has 130 valence electrons. The summed E-state index contributed by atoms with van der Waals surface area (Å²) >= 11 is 0. The molecule has 4 heteroatoms. The summed E-state index contributed by atoms with van der Waals surface area (Å²) in [4.78, 5) is 20.2. The molecule has 3 heterocycles. The van der Waals surface area contributed by atoms with Crippen molar-refractivity contribution in [3.8, 4) is 0 Å². The second-order valence-electron chi connectivity index (χ2n) is 7.83. The van der Waals surface area contributed by atoms with E-state index in [9.17, 15) is 4.79 Å². The Bertz CT molecular complexity index is 569. The van der Waals surface area contributed by atoms with Crippen LogP contribution in [0.3, 0.4) is 0 Å². The molecule has 0 N–H and O–H groups in total. The van der Waals surface area contributed by atoms with Crippen LogP contribution in [0, 0.1) is 5.92 Å². The molecule has 1 amide bonds. The second kappa shape index (κ2) is 6.85. The molecule has 0 unspecified atom stereocenters. The molecule has 2 fully saturated rings. The van der Waals surface area contributed by atoms with Gasteiger partial charge in [0, 0.05) is 25.7 Å². The van der Waals surface area contributed by atoms with Crippen LogP contribution in [-0.4, -0.2) is 59.9 Å². The normalized spacial score (nSPS) is 26.5. The van der Waals surface area contributed by atoms with E-state index in [2.05, 4.69) is 46.0 Å². The number of fused-ring (bicyclic) bond motifs is 1. The molecule has 4 rings (SSSR count). The van der Waals surface area contributed by atoms with E-state index in [1.165, 1.54) is 50.0 Å². The predicted octanol–water partition coefficient (Wildman–Crippen LogP) is 2.33. The summed E-state index contributed by atoms with van der Waals surface area (Å²) in [5.74, 6) is 0.580. The van der Waals surface area contributed by atoms with Crippen molar-refractivity contribution < 1.29 is 4.79 Å². The average Bonchev–Trinajstić information content (AvgIpc) is 3.06. The first kappa shape index (κ1) is 16.1. The molecule has 2 saturated heterocycles. The zero-order valence-electron chi connectivity index (χ0n) is 14.8. The number of piperidine rings is 2. The fraction of sp³-hybridized carbons (Fsp3) is 0.650. The van der Waals surface area contributed by atoms with E-state index in [0.29, 0.717) is 11.9 Å². The largest absolute Gasteiger partial charge is 0.334 e. The van der Waals surface area contributed by atoms with Gasteiger partial charge in [-0.15, -0.1) is 0 Å². The fourth-order valence-corrected chi connectivity index (χ4v) is 4.65. The zero-order valence-corrected chi connectivity index (χ0v) is 14.8. The third-order valence-corrected chi connectivity index (χ3v) is 6.16. The van der Waals surface area contributed by atoms with Crippen LogP contribution < -0.4 is 0 Å². The van der Waals surface area contributed by atoms with E-state index < -0.39 is 0 Å². The van der Waals surface area contributed by atoms with Crippen LogP contribution in [0.25, 0.3) is 0 Å².